The molecule has 18 heavy (non-hydrogen) atoms. The minimum atomic E-state index is -3.32. The standard InChI is InChI=1S/C12H18N2O3S/c1-2-8-18(16,17)14-10-12(15)13-9-11-6-4-3-5-7-11/h3-7,14H,2,8-10H2,1H3,(H,13,15). The molecule has 0 bridgehead atoms. The first-order chi connectivity index (χ1) is 8.53. The Hall–Kier alpha value is -1.40. The minimum absolute atomic E-state index is 0.0406. The Balaban J connectivity index is 2.31. The van der Waals surface area contributed by atoms with Crippen molar-refractivity contribution in [3.05, 3.63) is 35.9 Å². The fourth-order valence-corrected chi connectivity index (χ4v) is 2.41. The van der Waals surface area contributed by atoms with Gasteiger partial charge in [0, 0.05) is 6.54 Å². The van der Waals surface area contributed by atoms with Gasteiger partial charge in [-0.05, 0) is 12.0 Å². The first-order valence-corrected chi connectivity index (χ1v) is 7.46. The summed E-state index contributed by atoms with van der Waals surface area (Å²) in [5.74, 6) is -0.294. The van der Waals surface area contributed by atoms with E-state index in [-0.39, 0.29) is 18.2 Å². The number of carbonyl (C=O) groups excluding carboxylic acids is 1. The Labute approximate surface area is 108 Å². The van der Waals surface area contributed by atoms with Gasteiger partial charge in [-0.1, -0.05) is 37.3 Å². The van der Waals surface area contributed by atoms with Crippen molar-refractivity contribution < 1.29 is 13.2 Å². The molecule has 0 radical (unpaired) electrons. The number of nitrogens with one attached hydrogen (secondary N) is 2. The number of hydrogen-bond acceptors (Lipinski definition) is 3. The van der Waals surface area contributed by atoms with E-state index < -0.39 is 10.0 Å². The van der Waals surface area contributed by atoms with Crippen LogP contribution in [-0.2, 0) is 21.4 Å². The zero-order valence-electron chi connectivity index (χ0n) is 10.3. The predicted molar refractivity (Wildman–Crippen MR) is 70.4 cm³/mol. The molecule has 0 unspecified atom stereocenters. The highest BCUT2D eigenvalue weighted by molar-refractivity contribution is 7.89. The van der Waals surface area contributed by atoms with Gasteiger partial charge in [-0.25, -0.2) is 13.1 Å². The molecule has 1 aromatic rings. The molecule has 0 saturated heterocycles. The molecule has 6 heteroatoms. The van der Waals surface area contributed by atoms with Crippen LogP contribution in [0, 0.1) is 0 Å². The Morgan fingerprint density at radius 2 is 1.89 bits per heavy atom. The van der Waals surface area contributed by atoms with E-state index >= 15 is 0 Å². The number of benzene rings is 1. The summed E-state index contributed by atoms with van der Waals surface area (Å²) >= 11 is 0. The van der Waals surface area contributed by atoms with Crippen LogP contribution in [0.4, 0.5) is 0 Å². The van der Waals surface area contributed by atoms with Gasteiger partial charge in [-0.15, -0.1) is 0 Å². The molecule has 100 valence electrons. The first kappa shape index (κ1) is 14.7. The zero-order chi connectivity index (χ0) is 13.4. The Morgan fingerprint density at radius 3 is 2.50 bits per heavy atom. The lowest BCUT2D eigenvalue weighted by atomic mass is 10.2. The smallest absolute Gasteiger partial charge is 0.235 e. The van der Waals surface area contributed by atoms with Crippen molar-refractivity contribution >= 4 is 15.9 Å². The SMILES string of the molecule is CCCS(=O)(=O)NCC(=O)NCc1ccccc1. The number of rotatable bonds is 7. The summed E-state index contributed by atoms with van der Waals surface area (Å²) < 4.78 is 24.9. The van der Waals surface area contributed by atoms with Crippen molar-refractivity contribution in [1.29, 1.82) is 0 Å². The molecule has 0 aliphatic rings. The summed E-state index contributed by atoms with van der Waals surface area (Å²) in [6, 6.07) is 9.43. The van der Waals surface area contributed by atoms with Crippen molar-refractivity contribution in [2.75, 3.05) is 12.3 Å². The number of sulfonamides is 1. The molecule has 1 rings (SSSR count). The van der Waals surface area contributed by atoms with Gasteiger partial charge in [0.05, 0.1) is 12.3 Å². The van der Waals surface area contributed by atoms with Crippen LogP contribution in [0.25, 0.3) is 0 Å². The summed E-state index contributed by atoms with van der Waals surface area (Å²) in [5, 5.41) is 2.65. The molecule has 0 atom stereocenters. The van der Waals surface area contributed by atoms with E-state index in [1.807, 2.05) is 30.3 Å². The molecular formula is C12H18N2O3S. The first-order valence-electron chi connectivity index (χ1n) is 5.81. The highest BCUT2D eigenvalue weighted by Gasteiger charge is 2.10. The number of hydrogen-bond donors (Lipinski definition) is 2. The highest BCUT2D eigenvalue weighted by Crippen LogP contribution is 1.96. The molecule has 1 amide bonds. The van der Waals surface area contributed by atoms with E-state index in [4.69, 9.17) is 0 Å². The van der Waals surface area contributed by atoms with Crippen molar-refractivity contribution in [3.8, 4) is 0 Å². The van der Waals surface area contributed by atoms with Gasteiger partial charge in [0.15, 0.2) is 0 Å². The van der Waals surface area contributed by atoms with Gasteiger partial charge in [0.25, 0.3) is 0 Å². The highest BCUT2D eigenvalue weighted by atomic mass is 32.2. The third kappa shape index (κ3) is 5.79. The van der Waals surface area contributed by atoms with E-state index in [1.54, 1.807) is 6.92 Å². The van der Waals surface area contributed by atoms with Crippen molar-refractivity contribution in [2.24, 2.45) is 0 Å². The van der Waals surface area contributed by atoms with Crippen LogP contribution in [0.15, 0.2) is 30.3 Å². The van der Waals surface area contributed by atoms with Gasteiger partial charge in [0.2, 0.25) is 15.9 Å². The van der Waals surface area contributed by atoms with E-state index in [1.165, 1.54) is 0 Å². The van der Waals surface area contributed by atoms with E-state index in [0.717, 1.165) is 5.56 Å². The molecule has 0 saturated carbocycles. The maximum Gasteiger partial charge on any atom is 0.235 e. The molecule has 0 spiro atoms. The Kier molecular flexibility index (Phi) is 5.80. The van der Waals surface area contributed by atoms with Crippen molar-refractivity contribution in [1.82, 2.24) is 10.0 Å². The molecule has 5 nitrogen and oxygen atoms in total. The quantitative estimate of drug-likeness (QED) is 0.763. The molecule has 0 heterocycles. The normalized spacial score (nSPS) is 11.2. The van der Waals surface area contributed by atoms with Crippen LogP contribution in [0.3, 0.4) is 0 Å². The van der Waals surface area contributed by atoms with Crippen LogP contribution in [-0.4, -0.2) is 26.6 Å². The lowest BCUT2D eigenvalue weighted by Gasteiger charge is -2.07. The Bertz CT molecular complexity index is 471. The third-order valence-electron chi connectivity index (χ3n) is 2.26. The fourth-order valence-electron chi connectivity index (χ4n) is 1.38. The lowest BCUT2D eigenvalue weighted by molar-refractivity contribution is -0.120. The van der Waals surface area contributed by atoms with Crippen LogP contribution in [0.5, 0.6) is 0 Å². The van der Waals surface area contributed by atoms with Crippen molar-refractivity contribution in [2.45, 2.75) is 19.9 Å². The second-order valence-corrected chi connectivity index (χ2v) is 5.83. The van der Waals surface area contributed by atoms with Gasteiger partial charge >= 0.3 is 0 Å². The lowest BCUT2D eigenvalue weighted by Crippen LogP contribution is -2.37. The second kappa shape index (κ2) is 7.13. The van der Waals surface area contributed by atoms with Gasteiger partial charge in [-0.2, -0.15) is 0 Å². The van der Waals surface area contributed by atoms with E-state index in [2.05, 4.69) is 10.0 Å². The third-order valence-corrected chi connectivity index (χ3v) is 3.79. The van der Waals surface area contributed by atoms with Crippen LogP contribution in [0.2, 0.25) is 0 Å². The van der Waals surface area contributed by atoms with E-state index in [9.17, 15) is 13.2 Å². The Morgan fingerprint density at radius 1 is 1.22 bits per heavy atom. The second-order valence-electron chi connectivity index (χ2n) is 3.90. The molecule has 0 aromatic heterocycles. The van der Waals surface area contributed by atoms with Gasteiger partial charge in [0.1, 0.15) is 0 Å². The summed E-state index contributed by atoms with van der Waals surface area (Å²) in [6.45, 7) is 1.96. The molecule has 1 aromatic carbocycles. The maximum absolute atomic E-state index is 11.4. The summed E-state index contributed by atoms with van der Waals surface area (Å²) in [7, 11) is -3.32. The maximum atomic E-state index is 11.4. The minimum Gasteiger partial charge on any atom is -0.351 e. The van der Waals surface area contributed by atoms with E-state index in [0.29, 0.717) is 13.0 Å². The summed E-state index contributed by atoms with van der Waals surface area (Å²) in [5.41, 5.74) is 0.974. The predicted octanol–water partition coefficient (Wildman–Crippen LogP) is 0.632. The largest absolute Gasteiger partial charge is 0.351 e. The van der Waals surface area contributed by atoms with Gasteiger partial charge < -0.3 is 5.32 Å². The number of carbonyl (C=O) groups is 1. The van der Waals surface area contributed by atoms with Crippen LogP contribution in [0.1, 0.15) is 18.9 Å². The summed E-state index contributed by atoms with van der Waals surface area (Å²) in [6.07, 6.45) is 0.529. The average molecular weight is 270 g/mol. The zero-order valence-corrected chi connectivity index (χ0v) is 11.2. The molecule has 0 fully saturated rings. The van der Waals surface area contributed by atoms with Crippen LogP contribution >= 0.6 is 0 Å². The molecule has 0 aliphatic carbocycles. The van der Waals surface area contributed by atoms with Gasteiger partial charge in [-0.3, -0.25) is 4.79 Å². The average Bonchev–Trinajstić information content (AvgIpc) is 2.35. The monoisotopic (exact) mass is 270 g/mol. The van der Waals surface area contributed by atoms with Crippen molar-refractivity contribution in [3.63, 3.8) is 0 Å². The molecule has 2 N–H and O–H groups in total. The topological polar surface area (TPSA) is 75.3 Å². The molecular weight excluding hydrogens is 252 g/mol. The fraction of sp³-hybridized carbons (Fsp3) is 0.417. The summed E-state index contributed by atoms with van der Waals surface area (Å²) in [4.78, 5) is 11.4. The number of amides is 1. The molecule has 0 aliphatic heterocycles. The van der Waals surface area contributed by atoms with Crippen LogP contribution < -0.4 is 10.0 Å².